The molecule has 0 bridgehead atoms. The maximum Gasteiger partial charge on any atom is 0.245 e. The van der Waals surface area contributed by atoms with E-state index in [9.17, 15) is 8.42 Å². The molecule has 22 heavy (non-hydrogen) atoms. The number of benzene rings is 1. The van der Waals surface area contributed by atoms with E-state index in [4.69, 9.17) is 0 Å². The van der Waals surface area contributed by atoms with Crippen molar-refractivity contribution in [3.8, 4) is 0 Å². The van der Waals surface area contributed by atoms with Gasteiger partial charge in [0.2, 0.25) is 5.95 Å². The SMILES string of the molecule is CN(c1nnnn1Cc1ccc(CS(C)(=O)=O)cc1)C1CC1. The van der Waals surface area contributed by atoms with Gasteiger partial charge in [0.1, 0.15) is 0 Å². The number of anilines is 1. The molecule has 1 heterocycles. The Bertz CT molecular complexity index is 750. The molecule has 0 spiro atoms. The highest BCUT2D eigenvalue weighted by atomic mass is 32.2. The molecular weight excluding hydrogens is 302 g/mol. The summed E-state index contributed by atoms with van der Waals surface area (Å²) in [5.74, 6) is 0.830. The lowest BCUT2D eigenvalue weighted by molar-refractivity contribution is 0.601. The second-order valence-corrected chi connectivity index (χ2v) is 8.01. The quantitative estimate of drug-likeness (QED) is 0.785. The van der Waals surface area contributed by atoms with Crippen LogP contribution in [-0.4, -0.2) is 48.0 Å². The summed E-state index contributed by atoms with van der Waals surface area (Å²) in [5, 5.41) is 11.9. The van der Waals surface area contributed by atoms with Gasteiger partial charge in [-0.15, -0.1) is 0 Å². The molecule has 3 rings (SSSR count). The summed E-state index contributed by atoms with van der Waals surface area (Å²) in [7, 11) is -0.996. The van der Waals surface area contributed by atoms with Crippen LogP contribution in [0.15, 0.2) is 24.3 Å². The van der Waals surface area contributed by atoms with E-state index in [2.05, 4.69) is 20.4 Å². The third kappa shape index (κ3) is 3.62. The van der Waals surface area contributed by atoms with Gasteiger partial charge in [-0.05, 0) is 34.4 Å². The molecule has 0 N–H and O–H groups in total. The van der Waals surface area contributed by atoms with Gasteiger partial charge in [-0.3, -0.25) is 0 Å². The average molecular weight is 321 g/mol. The molecule has 1 aliphatic carbocycles. The number of nitrogens with zero attached hydrogens (tertiary/aromatic N) is 5. The average Bonchev–Trinajstić information content (AvgIpc) is 3.19. The third-order valence-electron chi connectivity index (χ3n) is 3.71. The maximum absolute atomic E-state index is 11.3. The fourth-order valence-corrected chi connectivity index (χ4v) is 3.19. The van der Waals surface area contributed by atoms with Crippen LogP contribution >= 0.6 is 0 Å². The second kappa shape index (κ2) is 5.68. The Kier molecular flexibility index (Phi) is 3.86. The minimum Gasteiger partial charge on any atom is -0.340 e. The lowest BCUT2D eigenvalue weighted by Crippen LogP contribution is -2.24. The Labute approximate surface area is 129 Å². The van der Waals surface area contributed by atoms with E-state index in [1.807, 2.05) is 31.3 Å². The molecule has 1 aromatic carbocycles. The molecule has 1 aliphatic rings. The van der Waals surface area contributed by atoms with Gasteiger partial charge in [0.05, 0.1) is 12.3 Å². The smallest absolute Gasteiger partial charge is 0.245 e. The summed E-state index contributed by atoms with van der Waals surface area (Å²) in [5.41, 5.74) is 1.83. The van der Waals surface area contributed by atoms with E-state index in [-0.39, 0.29) is 5.75 Å². The van der Waals surface area contributed by atoms with Crippen LogP contribution in [0, 0.1) is 0 Å². The minimum atomic E-state index is -3.00. The van der Waals surface area contributed by atoms with E-state index < -0.39 is 9.84 Å². The van der Waals surface area contributed by atoms with Crippen molar-refractivity contribution in [2.24, 2.45) is 0 Å². The normalized spacial score (nSPS) is 15.0. The summed E-state index contributed by atoms with van der Waals surface area (Å²) >= 11 is 0. The largest absolute Gasteiger partial charge is 0.340 e. The van der Waals surface area contributed by atoms with Crippen molar-refractivity contribution < 1.29 is 8.42 Å². The van der Waals surface area contributed by atoms with Crippen LogP contribution in [0.5, 0.6) is 0 Å². The Hall–Kier alpha value is -1.96. The van der Waals surface area contributed by atoms with Gasteiger partial charge in [-0.1, -0.05) is 29.4 Å². The van der Waals surface area contributed by atoms with Crippen molar-refractivity contribution >= 4 is 15.8 Å². The van der Waals surface area contributed by atoms with Crippen LogP contribution in [0.2, 0.25) is 0 Å². The van der Waals surface area contributed by atoms with E-state index >= 15 is 0 Å². The number of tetrazole rings is 1. The molecule has 8 heteroatoms. The van der Waals surface area contributed by atoms with Gasteiger partial charge in [0.15, 0.2) is 9.84 Å². The van der Waals surface area contributed by atoms with Crippen molar-refractivity contribution in [1.82, 2.24) is 20.2 Å². The van der Waals surface area contributed by atoms with E-state index in [1.165, 1.54) is 19.1 Å². The summed E-state index contributed by atoms with van der Waals surface area (Å²) in [6.07, 6.45) is 3.61. The molecule has 0 aliphatic heterocycles. The molecule has 0 amide bonds. The molecule has 1 saturated carbocycles. The van der Waals surface area contributed by atoms with Gasteiger partial charge < -0.3 is 4.90 Å². The molecule has 0 saturated heterocycles. The van der Waals surface area contributed by atoms with Crippen LogP contribution < -0.4 is 4.90 Å². The highest BCUT2D eigenvalue weighted by molar-refractivity contribution is 7.89. The van der Waals surface area contributed by atoms with Crippen LogP contribution in [0.3, 0.4) is 0 Å². The van der Waals surface area contributed by atoms with Crippen molar-refractivity contribution in [3.63, 3.8) is 0 Å². The fraction of sp³-hybridized carbons (Fsp3) is 0.500. The fourth-order valence-electron chi connectivity index (χ4n) is 2.40. The van der Waals surface area contributed by atoms with Crippen molar-refractivity contribution in [2.45, 2.75) is 31.2 Å². The molecule has 7 nitrogen and oxygen atoms in total. The van der Waals surface area contributed by atoms with Crippen LogP contribution in [0.1, 0.15) is 24.0 Å². The molecule has 2 aromatic rings. The van der Waals surface area contributed by atoms with Crippen LogP contribution in [-0.2, 0) is 22.1 Å². The Morgan fingerprint density at radius 1 is 1.23 bits per heavy atom. The topological polar surface area (TPSA) is 81.0 Å². The number of aromatic nitrogens is 4. The van der Waals surface area contributed by atoms with Crippen molar-refractivity contribution in [2.75, 3.05) is 18.2 Å². The lowest BCUT2D eigenvalue weighted by atomic mass is 10.1. The van der Waals surface area contributed by atoms with Gasteiger partial charge in [-0.25, -0.2) is 13.1 Å². The predicted octanol–water partition coefficient (Wildman–Crippen LogP) is 0.865. The van der Waals surface area contributed by atoms with Crippen LogP contribution in [0.4, 0.5) is 5.95 Å². The highest BCUT2D eigenvalue weighted by Gasteiger charge is 2.29. The zero-order chi connectivity index (χ0) is 15.7. The molecule has 118 valence electrons. The number of hydrogen-bond acceptors (Lipinski definition) is 6. The van der Waals surface area contributed by atoms with Gasteiger partial charge in [-0.2, -0.15) is 0 Å². The van der Waals surface area contributed by atoms with Crippen molar-refractivity contribution in [3.05, 3.63) is 35.4 Å². The lowest BCUT2D eigenvalue weighted by Gasteiger charge is -2.16. The monoisotopic (exact) mass is 321 g/mol. The first-order chi connectivity index (χ1) is 10.4. The Morgan fingerprint density at radius 2 is 1.86 bits per heavy atom. The minimum absolute atomic E-state index is 0.0633. The number of rotatable bonds is 6. The number of hydrogen-bond donors (Lipinski definition) is 0. The highest BCUT2D eigenvalue weighted by Crippen LogP contribution is 2.28. The first-order valence-corrected chi connectivity index (χ1v) is 9.23. The van der Waals surface area contributed by atoms with E-state index in [1.54, 1.807) is 4.68 Å². The zero-order valence-electron chi connectivity index (χ0n) is 12.7. The molecular formula is C14H19N5O2S. The number of sulfone groups is 1. The summed E-state index contributed by atoms with van der Waals surface area (Å²) in [4.78, 5) is 2.11. The van der Waals surface area contributed by atoms with Crippen LogP contribution in [0.25, 0.3) is 0 Å². The predicted molar refractivity (Wildman–Crippen MR) is 83.3 cm³/mol. The summed E-state index contributed by atoms with van der Waals surface area (Å²) in [6.45, 7) is 0.568. The van der Waals surface area contributed by atoms with Gasteiger partial charge in [0, 0.05) is 19.3 Å². The summed E-state index contributed by atoms with van der Waals surface area (Å²) in [6, 6.07) is 8.06. The molecule has 0 unspecified atom stereocenters. The zero-order valence-corrected chi connectivity index (χ0v) is 13.5. The van der Waals surface area contributed by atoms with Crippen molar-refractivity contribution in [1.29, 1.82) is 0 Å². The second-order valence-electron chi connectivity index (χ2n) is 5.87. The Balaban J connectivity index is 1.72. The van der Waals surface area contributed by atoms with Gasteiger partial charge in [0.25, 0.3) is 0 Å². The van der Waals surface area contributed by atoms with E-state index in [0.29, 0.717) is 12.6 Å². The Morgan fingerprint density at radius 3 is 2.45 bits per heavy atom. The maximum atomic E-state index is 11.3. The standard InChI is InChI=1S/C14H19N5O2S/c1-18(13-7-8-13)14-15-16-17-19(14)9-11-3-5-12(6-4-11)10-22(2,20)21/h3-6,13H,7-10H2,1-2H3. The molecule has 0 radical (unpaired) electrons. The van der Waals surface area contributed by atoms with Gasteiger partial charge >= 0.3 is 0 Å². The third-order valence-corrected chi connectivity index (χ3v) is 4.56. The van der Waals surface area contributed by atoms with E-state index in [0.717, 1.165) is 17.1 Å². The first kappa shape index (κ1) is 15.0. The molecule has 0 atom stereocenters. The molecule has 1 aromatic heterocycles. The first-order valence-electron chi connectivity index (χ1n) is 7.17. The molecule has 1 fully saturated rings. The summed E-state index contributed by atoms with van der Waals surface area (Å²) < 4.78 is 24.4.